The number of ether oxygens (including phenoxy) is 1. The number of amides is 1. The summed E-state index contributed by atoms with van der Waals surface area (Å²) in [7, 11) is 0. The smallest absolute Gasteiger partial charge is 0.316 e. The van der Waals surface area contributed by atoms with Gasteiger partial charge in [-0.25, -0.2) is 9.97 Å². The quantitative estimate of drug-likeness (QED) is 0.866. The molecule has 0 aromatic carbocycles. The zero-order chi connectivity index (χ0) is 15.9. The summed E-state index contributed by atoms with van der Waals surface area (Å²) in [5.41, 5.74) is 0. The summed E-state index contributed by atoms with van der Waals surface area (Å²) in [5.74, 6) is 0.802. The van der Waals surface area contributed by atoms with Crippen LogP contribution in [0.4, 0.5) is 0 Å². The molecule has 23 heavy (non-hydrogen) atoms. The first-order valence-corrected chi connectivity index (χ1v) is 9.69. The maximum atomic E-state index is 12.1. The number of carbonyl (C=O) groups is 1. The molecule has 1 N–H and O–H groups in total. The van der Waals surface area contributed by atoms with E-state index in [0.717, 1.165) is 25.7 Å². The normalized spacial score (nSPS) is 25.2. The van der Waals surface area contributed by atoms with Crippen LogP contribution in [0.3, 0.4) is 0 Å². The van der Waals surface area contributed by atoms with Gasteiger partial charge in [-0.1, -0.05) is 12.8 Å². The molecule has 3 rings (SSSR count). The molecule has 0 saturated heterocycles. The van der Waals surface area contributed by atoms with Crippen molar-refractivity contribution in [1.29, 1.82) is 0 Å². The van der Waals surface area contributed by atoms with E-state index in [0.29, 0.717) is 23.1 Å². The van der Waals surface area contributed by atoms with Crippen molar-refractivity contribution in [3.05, 3.63) is 18.5 Å². The van der Waals surface area contributed by atoms with E-state index in [1.54, 1.807) is 18.5 Å². The molecule has 0 aliphatic heterocycles. The molecule has 2 saturated carbocycles. The molecule has 0 unspecified atom stereocenters. The first-order valence-electron chi connectivity index (χ1n) is 8.64. The summed E-state index contributed by atoms with van der Waals surface area (Å²) < 4.78 is 5.78. The van der Waals surface area contributed by atoms with Crippen LogP contribution in [0.15, 0.2) is 18.5 Å². The predicted molar refractivity (Wildman–Crippen MR) is 91.6 cm³/mol. The summed E-state index contributed by atoms with van der Waals surface area (Å²) in [5, 5.41) is 3.89. The standard InChI is InChI=1S/C17H25N3O2S/c21-16(12-23-15-4-1-2-5-15)20-13-6-8-14(9-7-13)22-17-18-10-3-11-19-17/h3,10-11,13-15H,1-2,4-9,12H2,(H,20,21). The van der Waals surface area contributed by atoms with E-state index in [2.05, 4.69) is 15.3 Å². The van der Waals surface area contributed by atoms with Gasteiger partial charge in [0.05, 0.1) is 5.75 Å². The van der Waals surface area contributed by atoms with Crippen LogP contribution >= 0.6 is 11.8 Å². The molecule has 5 nitrogen and oxygen atoms in total. The van der Waals surface area contributed by atoms with Crippen LogP contribution in [-0.4, -0.2) is 39.0 Å². The predicted octanol–water partition coefficient (Wildman–Crippen LogP) is 2.96. The largest absolute Gasteiger partial charge is 0.460 e. The van der Waals surface area contributed by atoms with Crippen molar-refractivity contribution >= 4 is 17.7 Å². The number of nitrogens with one attached hydrogen (secondary N) is 1. The number of nitrogens with zero attached hydrogens (tertiary/aromatic N) is 2. The molecule has 2 aliphatic carbocycles. The minimum absolute atomic E-state index is 0.165. The monoisotopic (exact) mass is 335 g/mol. The highest BCUT2D eigenvalue weighted by molar-refractivity contribution is 8.00. The Bertz CT molecular complexity index is 486. The Morgan fingerprint density at radius 2 is 1.83 bits per heavy atom. The lowest BCUT2D eigenvalue weighted by Crippen LogP contribution is -2.40. The molecule has 2 fully saturated rings. The minimum atomic E-state index is 0.165. The molecule has 6 heteroatoms. The van der Waals surface area contributed by atoms with Crippen molar-refractivity contribution in [3.63, 3.8) is 0 Å². The van der Waals surface area contributed by atoms with Crippen molar-refractivity contribution in [1.82, 2.24) is 15.3 Å². The lowest BCUT2D eigenvalue weighted by molar-refractivity contribution is -0.119. The first kappa shape index (κ1) is 16.6. The molecule has 1 aromatic rings. The molecule has 2 aliphatic rings. The zero-order valence-electron chi connectivity index (χ0n) is 13.4. The summed E-state index contributed by atoms with van der Waals surface area (Å²) in [6.07, 6.45) is 12.6. The highest BCUT2D eigenvalue weighted by Gasteiger charge is 2.24. The summed E-state index contributed by atoms with van der Waals surface area (Å²) in [6, 6.07) is 2.53. The fraction of sp³-hybridized carbons (Fsp3) is 0.706. The van der Waals surface area contributed by atoms with E-state index >= 15 is 0 Å². The Morgan fingerprint density at radius 1 is 1.13 bits per heavy atom. The molecule has 0 bridgehead atoms. The van der Waals surface area contributed by atoms with Crippen LogP contribution in [0.2, 0.25) is 0 Å². The fourth-order valence-electron chi connectivity index (χ4n) is 3.34. The van der Waals surface area contributed by atoms with Crippen LogP contribution in [0.5, 0.6) is 6.01 Å². The number of carbonyl (C=O) groups excluding carboxylic acids is 1. The molecule has 126 valence electrons. The Morgan fingerprint density at radius 3 is 2.52 bits per heavy atom. The Hall–Kier alpha value is -1.30. The van der Waals surface area contributed by atoms with Crippen LogP contribution in [0.1, 0.15) is 51.4 Å². The molecular weight excluding hydrogens is 310 g/mol. The van der Waals surface area contributed by atoms with Gasteiger partial charge in [0.1, 0.15) is 6.10 Å². The van der Waals surface area contributed by atoms with E-state index in [4.69, 9.17) is 4.74 Å². The summed E-state index contributed by atoms with van der Waals surface area (Å²) >= 11 is 1.83. The first-order chi connectivity index (χ1) is 11.3. The van der Waals surface area contributed by atoms with Crippen molar-refractivity contribution in [2.24, 2.45) is 0 Å². The second-order valence-electron chi connectivity index (χ2n) is 6.41. The molecule has 0 atom stereocenters. The van der Waals surface area contributed by atoms with Gasteiger partial charge in [-0.15, -0.1) is 11.8 Å². The third kappa shape index (κ3) is 5.37. The van der Waals surface area contributed by atoms with Gasteiger partial charge in [-0.2, -0.15) is 0 Å². The summed E-state index contributed by atoms with van der Waals surface area (Å²) in [4.78, 5) is 20.3. The highest BCUT2D eigenvalue weighted by atomic mass is 32.2. The highest BCUT2D eigenvalue weighted by Crippen LogP contribution is 2.29. The lowest BCUT2D eigenvalue weighted by Gasteiger charge is -2.28. The fourth-order valence-corrected chi connectivity index (χ4v) is 4.48. The van der Waals surface area contributed by atoms with Gasteiger partial charge in [0.15, 0.2) is 0 Å². The second kappa shape index (κ2) is 8.52. The Labute approximate surface area is 142 Å². The third-order valence-electron chi connectivity index (χ3n) is 4.61. The summed E-state index contributed by atoms with van der Waals surface area (Å²) in [6.45, 7) is 0. The SMILES string of the molecule is O=C(CSC1CCCC1)NC1CCC(Oc2ncccn2)CC1. The van der Waals surface area contributed by atoms with Crippen LogP contribution in [0, 0.1) is 0 Å². The molecule has 0 spiro atoms. The van der Waals surface area contributed by atoms with Crippen LogP contribution < -0.4 is 10.1 Å². The molecule has 1 amide bonds. The molecule has 0 radical (unpaired) electrons. The van der Waals surface area contributed by atoms with Gasteiger partial charge in [0, 0.05) is 23.7 Å². The molecule has 1 heterocycles. The third-order valence-corrected chi connectivity index (χ3v) is 5.98. The van der Waals surface area contributed by atoms with Gasteiger partial charge in [0.2, 0.25) is 5.91 Å². The maximum Gasteiger partial charge on any atom is 0.316 e. The van der Waals surface area contributed by atoms with E-state index in [9.17, 15) is 4.79 Å². The van der Waals surface area contributed by atoms with Crippen LogP contribution in [0.25, 0.3) is 0 Å². The van der Waals surface area contributed by atoms with Crippen molar-refractivity contribution in [2.45, 2.75) is 68.8 Å². The average Bonchev–Trinajstić information content (AvgIpc) is 3.09. The Balaban J connectivity index is 1.33. The molecular formula is C17H25N3O2S. The number of aromatic nitrogens is 2. The van der Waals surface area contributed by atoms with E-state index in [1.165, 1.54) is 25.7 Å². The number of hydrogen-bond acceptors (Lipinski definition) is 5. The van der Waals surface area contributed by atoms with Gasteiger partial charge >= 0.3 is 6.01 Å². The van der Waals surface area contributed by atoms with Crippen LogP contribution in [-0.2, 0) is 4.79 Å². The van der Waals surface area contributed by atoms with Gasteiger partial charge in [-0.3, -0.25) is 4.79 Å². The lowest BCUT2D eigenvalue weighted by atomic mass is 9.93. The van der Waals surface area contributed by atoms with Crippen molar-refractivity contribution in [2.75, 3.05) is 5.75 Å². The van der Waals surface area contributed by atoms with Gasteiger partial charge in [0.25, 0.3) is 0 Å². The van der Waals surface area contributed by atoms with Crippen molar-refractivity contribution in [3.8, 4) is 6.01 Å². The maximum absolute atomic E-state index is 12.1. The number of thioether (sulfide) groups is 1. The minimum Gasteiger partial charge on any atom is -0.460 e. The zero-order valence-corrected chi connectivity index (χ0v) is 14.3. The van der Waals surface area contributed by atoms with E-state index < -0.39 is 0 Å². The van der Waals surface area contributed by atoms with Gasteiger partial charge in [-0.05, 0) is 44.6 Å². The van der Waals surface area contributed by atoms with Gasteiger partial charge < -0.3 is 10.1 Å². The number of rotatable bonds is 6. The topological polar surface area (TPSA) is 64.1 Å². The number of hydrogen-bond donors (Lipinski definition) is 1. The van der Waals surface area contributed by atoms with Crippen molar-refractivity contribution < 1.29 is 9.53 Å². The average molecular weight is 335 g/mol. The van der Waals surface area contributed by atoms with E-state index in [-0.39, 0.29) is 12.0 Å². The van der Waals surface area contributed by atoms with E-state index in [1.807, 2.05) is 11.8 Å². The Kier molecular flexibility index (Phi) is 6.13. The molecule has 1 aromatic heterocycles. The second-order valence-corrected chi connectivity index (χ2v) is 7.70.